The first-order chi connectivity index (χ1) is 13.7. The standard InChI is InChI=1S/C24H32O5/c1-15(2)20-17(27-19(25)11-10-16-8-6-5-7-9-16)14-24(4)18(28-24)12-13-23(3)22(29-23)21(20)26/h5-11,15,17-18,20-22,26H,12-14H2,1-4H3/t17-,18-,20+,21+,22-,23+,24+/m0/s1. The Labute approximate surface area is 173 Å². The predicted molar refractivity (Wildman–Crippen MR) is 110 cm³/mol. The molecule has 4 rings (SSSR count). The maximum Gasteiger partial charge on any atom is 0.331 e. The molecule has 0 bridgehead atoms. The van der Waals surface area contributed by atoms with E-state index >= 15 is 0 Å². The summed E-state index contributed by atoms with van der Waals surface area (Å²) in [5.41, 5.74) is 0.327. The van der Waals surface area contributed by atoms with E-state index in [0.717, 1.165) is 18.4 Å². The van der Waals surface area contributed by atoms with Crippen molar-refractivity contribution in [2.75, 3.05) is 0 Å². The Morgan fingerprint density at radius 3 is 2.62 bits per heavy atom. The highest BCUT2D eigenvalue weighted by atomic mass is 16.6. The lowest BCUT2D eigenvalue weighted by atomic mass is 9.76. The van der Waals surface area contributed by atoms with E-state index in [9.17, 15) is 9.90 Å². The first-order valence-electron chi connectivity index (χ1n) is 10.7. The summed E-state index contributed by atoms with van der Waals surface area (Å²) >= 11 is 0. The van der Waals surface area contributed by atoms with Crippen LogP contribution in [-0.4, -0.2) is 46.7 Å². The highest BCUT2D eigenvalue weighted by Crippen LogP contribution is 2.52. The van der Waals surface area contributed by atoms with E-state index in [-0.39, 0.29) is 35.2 Å². The Morgan fingerprint density at radius 1 is 1.21 bits per heavy atom. The molecule has 1 aromatic rings. The third-order valence-corrected chi connectivity index (χ3v) is 6.87. The molecule has 0 radical (unpaired) electrons. The first kappa shape index (κ1) is 20.6. The van der Waals surface area contributed by atoms with Crippen molar-refractivity contribution in [2.45, 2.75) is 82.6 Å². The summed E-state index contributed by atoms with van der Waals surface area (Å²) in [7, 11) is 0. The molecule has 1 aromatic carbocycles. The van der Waals surface area contributed by atoms with Crippen LogP contribution >= 0.6 is 0 Å². The maximum absolute atomic E-state index is 12.6. The zero-order valence-corrected chi connectivity index (χ0v) is 17.7. The number of ether oxygens (including phenoxy) is 3. The Kier molecular flexibility index (Phi) is 5.34. The van der Waals surface area contributed by atoms with Crippen LogP contribution in [0.1, 0.15) is 52.5 Å². The lowest BCUT2D eigenvalue weighted by Gasteiger charge is -2.34. The number of aliphatic hydroxyl groups excluding tert-OH is 1. The fourth-order valence-electron chi connectivity index (χ4n) is 4.96. The lowest BCUT2D eigenvalue weighted by molar-refractivity contribution is -0.152. The average Bonchev–Trinajstić information content (AvgIpc) is 3.53. The van der Waals surface area contributed by atoms with Gasteiger partial charge in [-0.15, -0.1) is 0 Å². The van der Waals surface area contributed by atoms with E-state index in [1.807, 2.05) is 30.3 Å². The van der Waals surface area contributed by atoms with Gasteiger partial charge in [0.05, 0.1) is 23.4 Å². The second kappa shape index (κ2) is 7.53. The van der Waals surface area contributed by atoms with Crippen molar-refractivity contribution < 1.29 is 24.1 Å². The Morgan fingerprint density at radius 2 is 1.93 bits per heavy atom. The third-order valence-electron chi connectivity index (χ3n) is 6.87. The third kappa shape index (κ3) is 4.27. The van der Waals surface area contributed by atoms with Crippen molar-refractivity contribution in [2.24, 2.45) is 11.8 Å². The second-order valence-electron chi connectivity index (χ2n) is 9.54. The molecule has 3 fully saturated rings. The van der Waals surface area contributed by atoms with Crippen molar-refractivity contribution in [3.63, 3.8) is 0 Å². The van der Waals surface area contributed by atoms with Gasteiger partial charge in [-0.1, -0.05) is 44.2 Å². The van der Waals surface area contributed by atoms with Crippen LogP contribution in [0.25, 0.3) is 6.08 Å². The predicted octanol–water partition coefficient (Wildman–Crippen LogP) is 3.74. The maximum atomic E-state index is 12.6. The topological polar surface area (TPSA) is 71.6 Å². The zero-order chi connectivity index (χ0) is 20.8. The van der Waals surface area contributed by atoms with E-state index in [1.54, 1.807) is 6.08 Å². The van der Waals surface area contributed by atoms with Gasteiger partial charge in [0, 0.05) is 18.4 Å². The monoisotopic (exact) mass is 400 g/mol. The molecule has 158 valence electrons. The molecule has 5 heteroatoms. The number of rotatable bonds is 4. The van der Waals surface area contributed by atoms with E-state index in [2.05, 4.69) is 27.7 Å². The van der Waals surface area contributed by atoms with E-state index in [0.29, 0.717) is 6.42 Å². The number of benzene rings is 1. The largest absolute Gasteiger partial charge is 0.459 e. The lowest BCUT2D eigenvalue weighted by Crippen LogP contribution is -2.45. The average molecular weight is 401 g/mol. The van der Waals surface area contributed by atoms with Gasteiger partial charge in [-0.05, 0) is 44.2 Å². The van der Waals surface area contributed by atoms with Crippen molar-refractivity contribution in [1.82, 2.24) is 0 Å². The van der Waals surface area contributed by atoms with Gasteiger partial charge >= 0.3 is 5.97 Å². The van der Waals surface area contributed by atoms with Crippen LogP contribution in [0.3, 0.4) is 0 Å². The molecule has 0 aromatic heterocycles. The molecule has 2 aliphatic heterocycles. The molecular weight excluding hydrogens is 368 g/mol. The van der Waals surface area contributed by atoms with Crippen molar-refractivity contribution in [3.8, 4) is 0 Å². The number of epoxide rings is 2. The molecule has 7 atom stereocenters. The van der Waals surface area contributed by atoms with Crippen LogP contribution in [0, 0.1) is 11.8 Å². The van der Waals surface area contributed by atoms with Gasteiger partial charge in [0.1, 0.15) is 12.2 Å². The Hall–Kier alpha value is -1.69. The molecule has 0 unspecified atom stereocenters. The molecule has 2 heterocycles. The number of fused-ring (bicyclic) bond motifs is 2. The SMILES string of the molecule is CC(C)[C@H]1[C@@H](O)[C@@H]2O[C@]2(C)CC[C@@H]2O[C@]2(C)C[C@@H]1OC(=O)C=Cc1ccccc1. The van der Waals surface area contributed by atoms with E-state index < -0.39 is 18.2 Å². The van der Waals surface area contributed by atoms with Gasteiger partial charge in [0.2, 0.25) is 0 Å². The fourth-order valence-corrected chi connectivity index (χ4v) is 4.96. The zero-order valence-electron chi connectivity index (χ0n) is 17.7. The molecular formula is C24H32O5. The van der Waals surface area contributed by atoms with Gasteiger partial charge in [-0.3, -0.25) is 0 Å². The van der Waals surface area contributed by atoms with Gasteiger partial charge in [-0.2, -0.15) is 0 Å². The fraction of sp³-hybridized carbons (Fsp3) is 0.625. The van der Waals surface area contributed by atoms with E-state index in [1.165, 1.54) is 6.08 Å². The number of carbonyl (C=O) groups is 1. The first-order valence-corrected chi connectivity index (χ1v) is 10.7. The molecule has 1 saturated carbocycles. The summed E-state index contributed by atoms with van der Waals surface area (Å²) in [6.07, 6.45) is 4.43. The van der Waals surface area contributed by atoms with Gasteiger partial charge in [0.25, 0.3) is 0 Å². The summed E-state index contributed by atoms with van der Waals surface area (Å²) in [5, 5.41) is 11.1. The molecule has 1 aliphatic carbocycles. The molecule has 0 amide bonds. The summed E-state index contributed by atoms with van der Waals surface area (Å²) in [6, 6.07) is 9.65. The summed E-state index contributed by atoms with van der Waals surface area (Å²) in [4.78, 5) is 12.6. The van der Waals surface area contributed by atoms with Gasteiger partial charge in [0.15, 0.2) is 0 Å². The van der Waals surface area contributed by atoms with Gasteiger partial charge in [-0.25, -0.2) is 4.79 Å². The van der Waals surface area contributed by atoms with Crippen molar-refractivity contribution >= 4 is 12.0 Å². The summed E-state index contributed by atoms with van der Waals surface area (Å²) in [6.45, 7) is 8.27. The normalized spacial score (nSPS) is 41.5. The highest BCUT2D eigenvalue weighted by Gasteiger charge is 2.63. The van der Waals surface area contributed by atoms with Crippen LogP contribution < -0.4 is 0 Å². The number of hydrogen-bond acceptors (Lipinski definition) is 5. The van der Waals surface area contributed by atoms with Crippen LogP contribution in [0.2, 0.25) is 0 Å². The van der Waals surface area contributed by atoms with Crippen molar-refractivity contribution in [1.29, 1.82) is 0 Å². The summed E-state index contributed by atoms with van der Waals surface area (Å²) < 4.78 is 17.9. The number of esters is 1. The number of carbonyl (C=O) groups excluding carboxylic acids is 1. The molecule has 2 saturated heterocycles. The van der Waals surface area contributed by atoms with Gasteiger partial charge < -0.3 is 19.3 Å². The Balaban J connectivity index is 1.54. The Bertz CT molecular complexity index is 775. The minimum atomic E-state index is -0.671. The minimum absolute atomic E-state index is 0.134. The van der Waals surface area contributed by atoms with Crippen LogP contribution in [0.4, 0.5) is 0 Å². The molecule has 1 N–H and O–H groups in total. The molecule has 0 spiro atoms. The van der Waals surface area contributed by atoms with Crippen LogP contribution in [0.15, 0.2) is 36.4 Å². The molecule has 29 heavy (non-hydrogen) atoms. The van der Waals surface area contributed by atoms with E-state index in [4.69, 9.17) is 14.2 Å². The van der Waals surface area contributed by atoms with Crippen molar-refractivity contribution in [3.05, 3.63) is 42.0 Å². The van der Waals surface area contributed by atoms with Crippen LogP contribution in [0.5, 0.6) is 0 Å². The quantitative estimate of drug-likeness (QED) is 0.474. The second-order valence-corrected chi connectivity index (χ2v) is 9.54. The molecule has 3 aliphatic rings. The summed E-state index contributed by atoms with van der Waals surface area (Å²) in [5.74, 6) is -0.473. The number of hydrogen-bond donors (Lipinski definition) is 1. The number of aliphatic hydroxyl groups is 1. The minimum Gasteiger partial charge on any atom is -0.459 e. The smallest absolute Gasteiger partial charge is 0.331 e. The highest BCUT2D eigenvalue weighted by molar-refractivity contribution is 5.87. The molecule has 5 nitrogen and oxygen atoms in total. The van der Waals surface area contributed by atoms with Crippen LogP contribution in [-0.2, 0) is 19.0 Å².